The summed E-state index contributed by atoms with van der Waals surface area (Å²) in [6, 6.07) is 0. The summed E-state index contributed by atoms with van der Waals surface area (Å²) >= 11 is 0. The van der Waals surface area contributed by atoms with Crippen LogP contribution in [0.25, 0.3) is 0 Å². The fraction of sp³-hybridized carbons (Fsp3) is 0.545. The first-order valence-electron chi connectivity index (χ1n) is 4.75. The van der Waals surface area contributed by atoms with E-state index in [0.29, 0.717) is 6.61 Å². The molecule has 2 heteroatoms. The van der Waals surface area contributed by atoms with Crippen LogP contribution >= 0.6 is 0 Å². The first-order chi connectivity index (χ1) is 6.19. The van der Waals surface area contributed by atoms with Gasteiger partial charge in [0.15, 0.2) is 0 Å². The van der Waals surface area contributed by atoms with Crippen LogP contribution in [0.5, 0.6) is 0 Å². The Balaban J connectivity index is 2.79. The Morgan fingerprint density at radius 1 is 1.54 bits per heavy atom. The second-order valence-corrected chi connectivity index (χ2v) is 3.26. The second-order valence-electron chi connectivity index (χ2n) is 3.26. The van der Waals surface area contributed by atoms with Crippen molar-refractivity contribution in [3.63, 3.8) is 0 Å². The fourth-order valence-corrected chi connectivity index (χ4v) is 1.56. The lowest BCUT2D eigenvalue weighted by molar-refractivity contribution is -0.138. The molecule has 0 aromatic heterocycles. The van der Waals surface area contributed by atoms with Crippen LogP contribution in [0.3, 0.4) is 0 Å². The summed E-state index contributed by atoms with van der Waals surface area (Å²) in [7, 11) is 0. The first kappa shape index (κ1) is 10.0. The van der Waals surface area contributed by atoms with E-state index in [1.54, 1.807) is 0 Å². The van der Waals surface area contributed by atoms with Gasteiger partial charge in [0.2, 0.25) is 0 Å². The van der Waals surface area contributed by atoms with Gasteiger partial charge in [0.25, 0.3) is 0 Å². The number of rotatable bonds is 3. The molecule has 0 radical (unpaired) electrons. The molecule has 1 aliphatic rings. The van der Waals surface area contributed by atoms with Crippen molar-refractivity contribution in [3.05, 3.63) is 22.8 Å². The smallest absolute Gasteiger partial charge is 0.338 e. The second kappa shape index (κ2) is 4.26. The Bertz CT molecular complexity index is 272. The van der Waals surface area contributed by atoms with E-state index in [1.165, 1.54) is 11.1 Å². The number of carbonyl (C=O) groups is 1. The van der Waals surface area contributed by atoms with Gasteiger partial charge >= 0.3 is 5.97 Å². The molecule has 0 aliphatic heterocycles. The highest BCUT2D eigenvalue weighted by atomic mass is 16.5. The van der Waals surface area contributed by atoms with Gasteiger partial charge in [-0.05, 0) is 32.8 Å². The van der Waals surface area contributed by atoms with Crippen LogP contribution in [-0.4, -0.2) is 12.6 Å². The predicted molar refractivity (Wildman–Crippen MR) is 52.3 cm³/mol. The monoisotopic (exact) mass is 180 g/mol. The molecule has 13 heavy (non-hydrogen) atoms. The third kappa shape index (κ3) is 2.20. The highest BCUT2D eigenvalue weighted by molar-refractivity contribution is 5.93. The number of ether oxygens (including phenoxy) is 1. The number of carbonyl (C=O) groups excluding carboxylic acids is 1. The van der Waals surface area contributed by atoms with E-state index in [2.05, 4.69) is 6.92 Å². The fourth-order valence-electron chi connectivity index (χ4n) is 1.56. The topological polar surface area (TPSA) is 26.3 Å². The normalized spacial score (nSPS) is 16.1. The third-order valence-electron chi connectivity index (χ3n) is 2.19. The van der Waals surface area contributed by atoms with Crippen LogP contribution < -0.4 is 0 Å². The minimum atomic E-state index is -0.170. The largest absolute Gasteiger partial charge is 0.462 e. The summed E-state index contributed by atoms with van der Waals surface area (Å²) in [6.07, 6.45) is 3.81. The average Bonchev–Trinajstić information content (AvgIpc) is 2.47. The third-order valence-corrected chi connectivity index (χ3v) is 2.19. The van der Waals surface area contributed by atoms with Crippen molar-refractivity contribution >= 4 is 5.97 Å². The van der Waals surface area contributed by atoms with Crippen molar-refractivity contribution < 1.29 is 9.53 Å². The maximum absolute atomic E-state index is 11.4. The average molecular weight is 180 g/mol. The first-order valence-corrected chi connectivity index (χ1v) is 4.75. The Morgan fingerprint density at radius 2 is 2.23 bits per heavy atom. The van der Waals surface area contributed by atoms with E-state index in [0.717, 1.165) is 18.4 Å². The summed E-state index contributed by atoms with van der Waals surface area (Å²) < 4.78 is 4.96. The van der Waals surface area contributed by atoms with Crippen LogP contribution in [0.2, 0.25) is 0 Å². The lowest BCUT2D eigenvalue weighted by Crippen LogP contribution is -2.06. The SMILES string of the molecule is CCOC(=O)C1=C(CC)CC(C)=C1. The van der Waals surface area contributed by atoms with Crippen molar-refractivity contribution in [2.75, 3.05) is 6.61 Å². The summed E-state index contributed by atoms with van der Waals surface area (Å²) in [4.78, 5) is 11.4. The number of esters is 1. The van der Waals surface area contributed by atoms with E-state index in [1.807, 2.05) is 19.9 Å². The molecule has 0 atom stereocenters. The molecule has 0 amide bonds. The molecule has 0 saturated carbocycles. The Hall–Kier alpha value is -1.05. The molecule has 0 fully saturated rings. The number of hydrogen-bond acceptors (Lipinski definition) is 2. The van der Waals surface area contributed by atoms with Crippen LogP contribution in [0.15, 0.2) is 22.8 Å². The molecule has 1 aliphatic carbocycles. The van der Waals surface area contributed by atoms with Crippen molar-refractivity contribution in [1.82, 2.24) is 0 Å². The zero-order valence-corrected chi connectivity index (χ0v) is 8.52. The summed E-state index contributed by atoms with van der Waals surface area (Å²) in [5, 5.41) is 0. The number of hydrogen-bond donors (Lipinski definition) is 0. The van der Waals surface area contributed by atoms with E-state index >= 15 is 0 Å². The van der Waals surface area contributed by atoms with Gasteiger partial charge in [-0.2, -0.15) is 0 Å². The molecule has 0 unspecified atom stereocenters. The minimum absolute atomic E-state index is 0.170. The van der Waals surface area contributed by atoms with Crippen LogP contribution in [0, 0.1) is 0 Å². The molecule has 0 spiro atoms. The van der Waals surface area contributed by atoms with E-state index in [4.69, 9.17) is 4.74 Å². The maximum atomic E-state index is 11.4. The molecule has 0 aromatic carbocycles. The van der Waals surface area contributed by atoms with Crippen molar-refractivity contribution in [3.8, 4) is 0 Å². The molecule has 1 rings (SSSR count). The Labute approximate surface area is 79.3 Å². The van der Waals surface area contributed by atoms with Gasteiger partial charge in [0, 0.05) is 0 Å². The molecule has 0 saturated heterocycles. The van der Waals surface area contributed by atoms with Gasteiger partial charge in [-0.25, -0.2) is 4.79 Å². The van der Waals surface area contributed by atoms with E-state index in [9.17, 15) is 4.79 Å². The predicted octanol–water partition coefficient (Wildman–Crippen LogP) is 2.61. The van der Waals surface area contributed by atoms with Gasteiger partial charge < -0.3 is 4.74 Å². The summed E-state index contributed by atoms with van der Waals surface area (Å²) in [6.45, 7) is 6.39. The van der Waals surface area contributed by atoms with Crippen LogP contribution in [-0.2, 0) is 9.53 Å². The van der Waals surface area contributed by atoms with Crippen LogP contribution in [0.1, 0.15) is 33.6 Å². The lowest BCUT2D eigenvalue weighted by atomic mass is 10.1. The summed E-state index contributed by atoms with van der Waals surface area (Å²) in [5.74, 6) is -0.170. The summed E-state index contributed by atoms with van der Waals surface area (Å²) in [5.41, 5.74) is 3.23. The highest BCUT2D eigenvalue weighted by Crippen LogP contribution is 2.27. The number of allylic oxidation sites excluding steroid dienone is 2. The van der Waals surface area contributed by atoms with E-state index in [-0.39, 0.29) is 5.97 Å². The zero-order chi connectivity index (χ0) is 9.84. The zero-order valence-electron chi connectivity index (χ0n) is 8.52. The lowest BCUT2D eigenvalue weighted by Gasteiger charge is -2.03. The van der Waals surface area contributed by atoms with Gasteiger partial charge in [0.05, 0.1) is 12.2 Å². The van der Waals surface area contributed by atoms with Gasteiger partial charge in [0.1, 0.15) is 0 Å². The van der Waals surface area contributed by atoms with Crippen molar-refractivity contribution in [1.29, 1.82) is 0 Å². The molecule has 0 N–H and O–H groups in total. The van der Waals surface area contributed by atoms with Crippen LogP contribution in [0.4, 0.5) is 0 Å². The quantitative estimate of drug-likeness (QED) is 0.624. The van der Waals surface area contributed by atoms with Gasteiger partial charge in [-0.1, -0.05) is 18.1 Å². The van der Waals surface area contributed by atoms with Crippen molar-refractivity contribution in [2.24, 2.45) is 0 Å². The maximum Gasteiger partial charge on any atom is 0.338 e. The van der Waals surface area contributed by atoms with Gasteiger partial charge in [-0.3, -0.25) is 0 Å². The Kier molecular flexibility index (Phi) is 3.29. The molecule has 0 heterocycles. The molecule has 0 bridgehead atoms. The molecular weight excluding hydrogens is 164 g/mol. The molecule has 2 nitrogen and oxygen atoms in total. The molecule has 72 valence electrons. The molecule has 0 aromatic rings. The minimum Gasteiger partial charge on any atom is -0.462 e. The Morgan fingerprint density at radius 3 is 2.77 bits per heavy atom. The highest BCUT2D eigenvalue weighted by Gasteiger charge is 2.18. The molecular formula is C11H16O2. The van der Waals surface area contributed by atoms with E-state index < -0.39 is 0 Å². The van der Waals surface area contributed by atoms with Crippen molar-refractivity contribution in [2.45, 2.75) is 33.6 Å². The standard InChI is InChI=1S/C11H16O2/c1-4-9-6-8(3)7-10(9)11(12)13-5-2/h7H,4-6H2,1-3H3. The van der Waals surface area contributed by atoms with Gasteiger partial charge in [-0.15, -0.1) is 0 Å².